The first-order chi connectivity index (χ1) is 15.7. The summed E-state index contributed by atoms with van der Waals surface area (Å²) in [7, 11) is 0. The molecule has 0 unspecified atom stereocenters. The van der Waals surface area contributed by atoms with Crippen molar-refractivity contribution in [3.63, 3.8) is 0 Å². The molecule has 0 saturated carbocycles. The van der Waals surface area contributed by atoms with Crippen LogP contribution >= 0.6 is 11.6 Å². The lowest BCUT2D eigenvalue weighted by molar-refractivity contribution is 0.196. The van der Waals surface area contributed by atoms with Crippen LogP contribution in [0.25, 0.3) is 22.4 Å². The van der Waals surface area contributed by atoms with E-state index >= 15 is 0 Å². The van der Waals surface area contributed by atoms with Crippen LogP contribution in [0.3, 0.4) is 0 Å². The Morgan fingerprint density at radius 3 is 2.81 bits per heavy atom. The number of hydrogen-bond donors (Lipinski definition) is 0. The average molecular weight is 444 g/mol. The van der Waals surface area contributed by atoms with Gasteiger partial charge in [0.2, 0.25) is 0 Å². The molecule has 0 aliphatic carbocycles. The van der Waals surface area contributed by atoms with Gasteiger partial charge < -0.3 is 0 Å². The molecule has 1 saturated heterocycles. The summed E-state index contributed by atoms with van der Waals surface area (Å²) in [6.07, 6.45) is 5.78. The summed E-state index contributed by atoms with van der Waals surface area (Å²) >= 11 is 6.17. The number of aromatic nitrogens is 6. The van der Waals surface area contributed by atoms with E-state index in [0.29, 0.717) is 5.92 Å². The molecule has 0 radical (unpaired) electrons. The van der Waals surface area contributed by atoms with Crippen LogP contribution in [-0.2, 0) is 6.54 Å². The first-order valence-corrected chi connectivity index (χ1v) is 11.2. The SMILES string of the molecule is Clc1cccc(CN2CCC[C@H](c3nc4c5cnn(-c6ccccc6)c5ncn4n3)C2)c1. The number of likely N-dealkylation sites (tertiary alicyclic amines) is 1. The van der Waals surface area contributed by atoms with Crippen LogP contribution in [0.4, 0.5) is 0 Å². The molecule has 6 rings (SSSR count). The molecular weight excluding hydrogens is 422 g/mol. The Hall–Kier alpha value is -3.29. The predicted molar refractivity (Wildman–Crippen MR) is 124 cm³/mol. The average Bonchev–Trinajstić information content (AvgIpc) is 3.44. The highest BCUT2D eigenvalue weighted by molar-refractivity contribution is 6.30. The number of halogens is 1. The van der Waals surface area contributed by atoms with Gasteiger partial charge in [0.05, 0.1) is 17.3 Å². The molecule has 1 aliphatic rings. The number of rotatable bonds is 4. The molecule has 8 heteroatoms. The molecule has 0 amide bonds. The van der Waals surface area contributed by atoms with Gasteiger partial charge in [0, 0.05) is 24.0 Å². The number of hydrogen-bond acceptors (Lipinski definition) is 5. The van der Waals surface area contributed by atoms with E-state index in [1.54, 1.807) is 10.8 Å². The lowest BCUT2D eigenvalue weighted by atomic mass is 9.97. The molecule has 1 fully saturated rings. The van der Waals surface area contributed by atoms with E-state index < -0.39 is 0 Å². The number of fused-ring (bicyclic) bond motifs is 3. The molecule has 160 valence electrons. The van der Waals surface area contributed by atoms with Gasteiger partial charge in [0.25, 0.3) is 0 Å². The van der Waals surface area contributed by atoms with Crippen LogP contribution in [0.1, 0.15) is 30.1 Å². The minimum atomic E-state index is 0.294. The van der Waals surface area contributed by atoms with Crippen LogP contribution in [0.2, 0.25) is 5.02 Å². The second kappa shape index (κ2) is 8.00. The van der Waals surface area contributed by atoms with Crippen molar-refractivity contribution in [3.05, 3.63) is 83.5 Å². The Balaban J connectivity index is 1.30. The summed E-state index contributed by atoms with van der Waals surface area (Å²) in [6, 6.07) is 18.1. The molecule has 1 aliphatic heterocycles. The van der Waals surface area contributed by atoms with Gasteiger partial charge in [-0.05, 0) is 49.2 Å². The first kappa shape index (κ1) is 19.4. The molecule has 7 nitrogen and oxygen atoms in total. The van der Waals surface area contributed by atoms with Crippen molar-refractivity contribution in [2.75, 3.05) is 13.1 Å². The number of nitrogens with zero attached hydrogens (tertiary/aromatic N) is 7. The maximum absolute atomic E-state index is 6.17. The fourth-order valence-corrected chi connectivity index (χ4v) is 4.78. The minimum absolute atomic E-state index is 0.294. The zero-order chi connectivity index (χ0) is 21.5. The van der Waals surface area contributed by atoms with Gasteiger partial charge in [-0.1, -0.05) is 41.9 Å². The number of piperidine rings is 1. The molecular formula is C24H22ClN7. The van der Waals surface area contributed by atoms with E-state index in [4.69, 9.17) is 21.7 Å². The summed E-state index contributed by atoms with van der Waals surface area (Å²) in [6.45, 7) is 2.90. The lowest BCUT2D eigenvalue weighted by Gasteiger charge is -2.31. The summed E-state index contributed by atoms with van der Waals surface area (Å²) in [5.41, 5.74) is 3.80. The van der Waals surface area contributed by atoms with Crippen LogP contribution in [0.5, 0.6) is 0 Å². The highest BCUT2D eigenvalue weighted by Gasteiger charge is 2.25. The Morgan fingerprint density at radius 1 is 1.03 bits per heavy atom. The molecule has 0 spiro atoms. The normalized spacial score (nSPS) is 17.3. The van der Waals surface area contributed by atoms with Crippen LogP contribution in [0, 0.1) is 0 Å². The topological polar surface area (TPSA) is 64.1 Å². The van der Waals surface area contributed by atoms with Gasteiger partial charge in [-0.15, -0.1) is 5.10 Å². The fourth-order valence-electron chi connectivity index (χ4n) is 4.57. The fraction of sp³-hybridized carbons (Fsp3) is 0.250. The van der Waals surface area contributed by atoms with Gasteiger partial charge in [-0.2, -0.15) is 5.10 Å². The zero-order valence-electron chi connectivity index (χ0n) is 17.5. The van der Waals surface area contributed by atoms with Gasteiger partial charge in [-0.3, -0.25) is 4.90 Å². The predicted octanol–water partition coefficient (Wildman–Crippen LogP) is 4.50. The molecule has 1 atom stereocenters. The Morgan fingerprint density at radius 2 is 1.94 bits per heavy atom. The van der Waals surface area contributed by atoms with Gasteiger partial charge >= 0.3 is 0 Å². The van der Waals surface area contributed by atoms with Gasteiger partial charge in [-0.25, -0.2) is 19.2 Å². The van der Waals surface area contributed by atoms with Crippen molar-refractivity contribution in [3.8, 4) is 5.69 Å². The van der Waals surface area contributed by atoms with Crippen molar-refractivity contribution in [2.24, 2.45) is 0 Å². The van der Waals surface area contributed by atoms with E-state index in [9.17, 15) is 0 Å². The third-order valence-corrected chi connectivity index (χ3v) is 6.32. The summed E-state index contributed by atoms with van der Waals surface area (Å²) in [5, 5.41) is 11.0. The third kappa shape index (κ3) is 3.53. The molecule has 3 aromatic heterocycles. The highest BCUT2D eigenvalue weighted by atomic mass is 35.5. The second-order valence-electron chi connectivity index (χ2n) is 8.32. The molecule has 0 bridgehead atoms. The third-order valence-electron chi connectivity index (χ3n) is 6.09. The van der Waals surface area contributed by atoms with E-state index in [0.717, 1.165) is 65.7 Å². The second-order valence-corrected chi connectivity index (χ2v) is 8.75. The Bertz CT molecular complexity index is 1390. The first-order valence-electron chi connectivity index (χ1n) is 10.9. The van der Waals surface area contributed by atoms with E-state index in [1.807, 2.05) is 59.4 Å². The van der Waals surface area contributed by atoms with E-state index in [2.05, 4.69) is 21.0 Å². The van der Waals surface area contributed by atoms with Crippen molar-refractivity contribution < 1.29 is 0 Å². The van der Waals surface area contributed by atoms with Crippen LogP contribution < -0.4 is 0 Å². The molecule has 0 N–H and O–H groups in total. The smallest absolute Gasteiger partial charge is 0.170 e. The maximum atomic E-state index is 6.17. The van der Waals surface area contributed by atoms with Crippen LogP contribution in [-0.4, -0.2) is 47.4 Å². The van der Waals surface area contributed by atoms with Crippen molar-refractivity contribution in [2.45, 2.75) is 25.3 Å². The standard InChI is InChI=1S/C24H22ClN7/c25-19-8-4-6-17(12-19)14-30-11-5-7-18(15-30)22-28-24-21-13-27-32(20-9-2-1-3-10-20)23(21)26-16-31(24)29-22/h1-4,6,8-10,12-13,16,18H,5,7,11,14-15H2/t18-/m0/s1. The minimum Gasteiger partial charge on any atom is -0.298 e. The number of para-hydroxylation sites is 1. The zero-order valence-corrected chi connectivity index (χ0v) is 18.2. The lowest BCUT2D eigenvalue weighted by Crippen LogP contribution is -2.34. The van der Waals surface area contributed by atoms with Gasteiger partial charge in [0.15, 0.2) is 17.1 Å². The molecule has 32 heavy (non-hydrogen) atoms. The van der Waals surface area contributed by atoms with Crippen molar-refractivity contribution in [1.82, 2.24) is 34.3 Å². The summed E-state index contributed by atoms with van der Waals surface area (Å²) in [5.74, 6) is 1.17. The van der Waals surface area contributed by atoms with Gasteiger partial charge in [0.1, 0.15) is 6.33 Å². The number of benzene rings is 2. The maximum Gasteiger partial charge on any atom is 0.170 e. The largest absolute Gasteiger partial charge is 0.298 e. The van der Waals surface area contributed by atoms with Crippen molar-refractivity contribution in [1.29, 1.82) is 0 Å². The highest BCUT2D eigenvalue weighted by Crippen LogP contribution is 2.28. The van der Waals surface area contributed by atoms with Crippen LogP contribution in [0.15, 0.2) is 67.1 Å². The Kier molecular flexibility index (Phi) is 4.85. The van der Waals surface area contributed by atoms with E-state index in [-0.39, 0.29) is 0 Å². The molecule has 5 aromatic rings. The van der Waals surface area contributed by atoms with E-state index in [1.165, 1.54) is 5.56 Å². The molecule has 2 aromatic carbocycles. The quantitative estimate of drug-likeness (QED) is 0.409. The summed E-state index contributed by atoms with van der Waals surface area (Å²) < 4.78 is 3.63. The monoisotopic (exact) mass is 443 g/mol. The molecule has 4 heterocycles. The summed E-state index contributed by atoms with van der Waals surface area (Å²) in [4.78, 5) is 12.0. The van der Waals surface area contributed by atoms with Crippen molar-refractivity contribution >= 4 is 28.3 Å². The Labute approximate surface area is 190 Å².